The van der Waals surface area contributed by atoms with Crippen LogP contribution in [0.4, 0.5) is 9.59 Å². The second-order valence-corrected chi connectivity index (χ2v) is 5.99. The molecule has 0 saturated heterocycles. The number of hydrogen-bond donors (Lipinski definition) is 1. The molecular weight excluding hydrogens is 314 g/mol. The van der Waals surface area contributed by atoms with E-state index >= 15 is 0 Å². The van der Waals surface area contributed by atoms with Crippen LogP contribution in [-0.2, 0) is 25.4 Å². The third-order valence-electron chi connectivity index (χ3n) is 2.70. The molecule has 7 nitrogen and oxygen atoms in total. The minimum absolute atomic E-state index is 0.0783. The lowest BCUT2D eigenvalue weighted by Crippen LogP contribution is -2.46. The van der Waals surface area contributed by atoms with Crippen molar-refractivity contribution < 1.29 is 28.6 Å². The first-order valence-corrected chi connectivity index (χ1v) is 7.63. The predicted molar refractivity (Wildman–Crippen MR) is 86.4 cm³/mol. The summed E-state index contributed by atoms with van der Waals surface area (Å²) in [6, 6.07) is 7.94. The number of alkyl carbamates (subject to hydrolysis) is 1. The molecule has 0 spiro atoms. The second kappa shape index (κ2) is 8.90. The van der Waals surface area contributed by atoms with Gasteiger partial charge in [-0.3, -0.25) is 0 Å². The average Bonchev–Trinajstić information content (AvgIpc) is 2.45. The summed E-state index contributed by atoms with van der Waals surface area (Å²) in [4.78, 5) is 35.4. The Bertz CT molecular complexity index is 564. The lowest BCUT2D eigenvalue weighted by Gasteiger charge is -2.22. The van der Waals surface area contributed by atoms with Crippen LogP contribution in [0.5, 0.6) is 0 Å². The fourth-order valence-electron chi connectivity index (χ4n) is 1.79. The highest BCUT2D eigenvalue weighted by atomic mass is 16.7. The number of hydrogen-bond acceptors (Lipinski definition) is 6. The van der Waals surface area contributed by atoms with Crippen molar-refractivity contribution in [3.63, 3.8) is 0 Å². The van der Waals surface area contributed by atoms with Gasteiger partial charge >= 0.3 is 18.2 Å². The molecule has 0 aliphatic carbocycles. The van der Waals surface area contributed by atoms with Crippen LogP contribution in [0.15, 0.2) is 30.3 Å². The van der Waals surface area contributed by atoms with E-state index in [4.69, 9.17) is 4.74 Å². The molecule has 1 N–H and O–H groups in total. The van der Waals surface area contributed by atoms with Crippen molar-refractivity contribution in [1.29, 1.82) is 0 Å². The van der Waals surface area contributed by atoms with Gasteiger partial charge < -0.3 is 19.5 Å². The molecule has 1 rings (SSSR count). The van der Waals surface area contributed by atoms with E-state index in [9.17, 15) is 14.4 Å². The largest absolute Gasteiger partial charge is 0.516 e. The summed E-state index contributed by atoms with van der Waals surface area (Å²) in [5, 5.41) is 2.43. The van der Waals surface area contributed by atoms with Gasteiger partial charge in [0, 0.05) is 6.42 Å². The molecular formula is C17H23NO6. The molecule has 132 valence electrons. The molecule has 1 aromatic carbocycles. The number of carbonyl (C=O) groups excluding carboxylic acids is 3. The Labute approximate surface area is 141 Å². The van der Waals surface area contributed by atoms with Crippen molar-refractivity contribution in [3.05, 3.63) is 35.9 Å². The second-order valence-electron chi connectivity index (χ2n) is 5.99. The third-order valence-corrected chi connectivity index (χ3v) is 2.70. The third kappa shape index (κ3) is 7.62. The van der Waals surface area contributed by atoms with Gasteiger partial charge in [-0.25, -0.2) is 14.4 Å². The van der Waals surface area contributed by atoms with E-state index in [1.54, 1.807) is 52.0 Å². The summed E-state index contributed by atoms with van der Waals surface area (Å²) < 4.78 is 14.3. The summed E-state index contributed by atoms with van der Waals surface area (Å²) in [5.74, 6) is -0.914. The quantitative estimate of drug-likeness (QED) is 0.656. The van der Waals surface area contributed by atoms with E-state index in [1.807, 2.05) is 6.07 Å². The monoisotopic (exact) mass is 337 g/mol. The van der Waals surface area contributed by atoms with Crippen molar-refractivity contribution in [1.82, 2.24) is 5.32 Å². The number of benzene rings is 1. The fraction of sp³-hybridized carbons (Fsp3) is 0.471. The molecule has 1 aromatic rings. The zero-order valence-electron chi connectivity index (χ0n) is 14.3. The van der Waals surface area contributed by atoms with E-state index in [0.29, 0.717) is 0 Å². The molecule has 0 saturated carbocycles. The van der Waals surface area contributed by atoms with Crippen molar-refractivity contribution >= 4 is 18.2 Å². The first-order valence-electron chi connectivity index (χ1n) is 7.63. The van der Waals surface area contributed by atoms with Gasteiger partial charge in [-0.05, 0) is 33.3 Å². The highest BCUT2D eigenvalue weighted by molar-refractivity contribution is 5.88. The highest BCUT2D eigenvalue weighted by Gasteiger charge is 2.28. The van der Waals surface area contributed by atoms with Crippen LogP contribution in [0.25, 0.3) is 0 Å². The molecule has 0 aliphatic rings. The predicted octanol–water partition coefficient (Wildman–Crippen LogP) is 2.82. The van der Waals surface area contributed by atoms with Gasteiger partial charge in [0.2, 0.25) is 0 Å². The Morgan fingerprint density at radius 1 is 1.12 bits per heavy atom. The maximum absolute atomic E-state index is 12.1. The van der Waals surface area contributed by atoms with Crippen molar-refractivity contribution in [3.8, 4) is 0 Å². The van der Waals surface area contributed by atoms with Gasteiger partial charge in [0.25, 0.3) is 0 Å². The van der Waals surface area contributed by atoms with E-state index in [1.165, 1.54) is 0 Å². The van der Waals surface area contributed by atoms with Gasteiger partial charge in [-0.15, -0.1) is 0 Å². The number of ether oxygens (including phenoxy) is 3. The summed E-state index contributed by atoms with van der Waals surface area (Å²) in [7, 11) is 0. The number of esters is 1. The highest BCUT2D eigenvalue weighted by Crippen LogP contribution is 2.09. The summed E-state index contributed by atoms with van der Waals surface area (Å²) in [5.41, 5.74) is 0.0752. The maximum atomic E-state index is 12.1. The Balaban J connectivity index is 2.80. The zero-order chi connectivity index (χ0) is 18.2. The Morgan fingerprint density at radius 2 is 1.75 bits per heavy atom. The molecule has 0 bridgehead atoms. The molecule has 0 aliphatic heterocycles. The molecule has 1 amide bonds. The molecule has 0 fully saturated rings. The number of carbonyl (C=O) groups is 3. The first-order chi connectivity index (χ1) is 11.2. The van der Waals surface area contributed by atoms with E-state index in [-0.39, 0.29) is 13.0 Å². The van der Waals surface area contributed by atoms with E-state index in [2.05, 4.69) is 14.8 Å². The van der Waals surface area contributed by atoms with Gasteiger partial charge in [0.15, 0.2) is 0 Å². The summed E-state index contributed by atoms with van der Waals surface area (Å²) in [6.45, 7) is 6.78. The number of nitrogens with one attached hydrogen (secondary N) is 1. The SMILES string of the molecule is CCOC(=O)OC(=O)[C@H](Cc1ccccc1)NC(=O)OC(C)(C)C. The molecule has 7 heteroatoms. The van der Waals surface area contributed by atoms with Gasteiger partial charge in [-0.2, -0.15) is 0 Å². The zero-order valence-corrected chi connectivity index (χ0v) is 14.3. The van der Waals surface area contributed by atoms with Crippen molar-refractivity contribution in [2.24, 2.45) is 0 Å². The molecule has 1 atom stereocenters. The molecule has 24 heavy (non-hydrogen) atoms. The smallest absolute Gasteiger partial charge is 0.444 e. The lowest BCUT2D eigenvalue weighted by atomic mass is 10.1. The first kappa shape index (κ1) is 19.5. The Kier molecular flexibility index (Phi) is 7.23. The molecule has 0 heterocycles. The van der Waals surface area contributed by atoms with Gasteiger partial charge in [0.05, 0.1) is 6.61 Å². The Hall–Kier alpha value is -2.57. The van der Waals surface area contributed by atoms with E-state index < -0.39 is 29.9 Å². The minimum atomic E-state index is -1.11. The summed E-state index contributed by atoms with van der Waals surface area (Å²) >= 11 is 0. The standard InChI is InChI=1S/C17H23NO6/c1-5-22-16(21)23-14(19)13(11-12-9-7-6-8-10-12)18-15(20)24-17(2,3)4/h6-10,13H,5,11H2,1-4H3,(H,18,20)/t13-/m0/s1. The topological polar surface area (TPSA) is 90.9 Å². The van der Waals surface area contributed by atoms with Crippen LogP contribution >= 0.6 is 0 Å². The average molecular weight is 337 g/mol. The van der Waals surface area contributed by atoms with Gasteiger partial charge in [0.1, 0.15) is 11.6 Å². The number of rotatable bonds is 5. The van der Waals surface area contributed by atoms with Crippen LogP contribution in [0.2, 0.25) is 0 Å². The van der Waals surface area contributed by atoms with Crippen molar-refractivity contribution in [2.45, 2.75) is 45.8 Å². The van der Waals surface area contributed by atoms with Crippen LogP contribution in [0.1, 0.15) is 33.3 Å². The summed E-state index contributed by atoms with van der Waals surface area (Å²) in [6.07, 6.45) is -1.73. The number of amides is 1. The minimum Gasteiger partial charge on any atom is -0.444 e. The molecule has 0 aromatic heterocycles. The van der Waals surface area contributed by atoms with Gasteiger partial charge in [-0.1, -0.05) is 30.3 Å². The lowest BCUT2D eigenvalue weighted by molar-refractivity contribution is -0.142. The fourth-order valence-corrected chi connectivity index (χ4v) is 1.79. The van der Waals surface area contributed by atoms with E-state index in [0.717, 1.165) is 5.56 Å². The van der Waals surface area contributed by atoms with Crippen LogP contribution < -0.4 is 5.32 Å². The van der Waals surface area contributed by atoms with Crippen molar-refractivity contribution in [2.75, 3.05) is 6.61 Å². The van der Waals surface area contributed by atoms with Crippen LogP contribution in [0, 0.1) is 0 Å². The van der Waals surface area contributed by atoms with Crippen LogP contribution in [-0.4, -0.2) is 36.5 Å². The van der Waals surface area contributed by atoms with Crippen LogP contribution in [0.3, 0.4) is 0 Å². The molecule has 0 unspecified atom stereocenters. The maximum Gasteiger partial charge on any atom is 0.516 e. The normalized spacial score (nSPS) is 12.0. The Morgan fingerprint density at radius 3 is 2.29 bits per heavy atom. The molecule has 0 radical (unpaired) electrons.